The van der Waals surface area contributed by atoms with Crippen LogP contribution in [0.5, 0.6) is 5.75 Å². The molecule has 1 heterocycles. The summed E-state index contributed by atoms with van der Waals surface area (Å²) < 4.78 is 40.7. The van der Waals surface area contributed by atoms with Crippen LogP contribution >= 0.6 is 0 Å². The van der Waals surface area contributed by atoms with E-state index in [0.717, 1.165) is 31.2 Å². The fraction of sp³-hybridized carbons (Fsp3) is 0.600. The van der Waals surface area contributed by atoms with Crippen LogP contribution in [0.1, 0.15) is 37.7 Å². The maximum Gasteiger partial charge on any atom is 0.573 e. The number of benzene rings is 1. The van der Waals surface area contributed by atoms with Crippen molar-refractivity contribution < 1.29 is 32.6 Å². The minimum absolute atomic E-state index is 0.0884. The molecule has 1 unspecified atom stereocenters. The highest BCUT2D eigenvalue weighted by Crippen LogP contribution is 2.60. The average molecular weight is 397 g/mol. The van der Waals surface area contributed by atoms with Crippen LogP contribution in [-0.2, 0) is 16.0 Å². The summed E-state index contributed by atoms with van der Waals surface area (Å²) in [7, 11) is 0. The summed E-state index contributed by atoms with van der Waals surface area (Å²) in [5.74, 6) is -1.19. The second kappa shape index (κ2) is 6.39. The SMILES string of the molecule is O=C(O)C1CC12CCN(C(=O)C1(Cc3ccc(OC(F)(F)F)cc3)CC1)CC2. The van der Waals surface area contributed by atoms with E-state index in [0.29, 0.717) is 25.9 Å². The lowest BCUT2D eigenvalue weighted by molar-refractivity contribution is -0.274. The number of hydrogen-bond donors (Lipinski definition) is 1. The second-order valence-corrected chi connectivity index (χ2v) is 8.40. The van der Waals surface area contributed by atoms with Crippen molar-refractivity contribution in [3.05, 3.63) is 29.8 Å². The van der Waals surface area contributed by atoms with Gasteiger partial charge in [0.05, 0.1) is 11.3 Å². The number of nitrogens with zero attached hydrogens (tertiary/aromatic N) is 1. The second-order valence-electron chi connectivity index (χ2n) is 8.40. The highest BCUT2D eigenvalue weighted by atomic mass is 19.4. The first-order valence-corrected chi connectivity index (χ1v) is 9.49. The number of carbonyl (C=O) groups excluding carboxylic acids is 1. The van der Waals surface area contributed by atoms with Crippen molar-refractivity contribution in [2.24, 2.45) is 16.7 Å². The van der Waals surface area contributed by atoms with Crippen LogP contribution in [0, 0.1) is 16.7 Å². The molecule has 5 nitrogen and oxygen atoms in total. The first kappa shape index (κ1) is 19.1. The third-order valence-corrected chi connectivity index (χ3v) is 6.54. The molecule has 1 aromatic carbocycles. The summed E-state index contributed by atoms with van der Waals surface area (Å²) in [6.07, 6.45) is -0.510. The van der Waals surface area contributed by atoms with Crippen LogP contribution in [-0.4, -0.2) is 41.3 Å². The highest BCUT2D eigenvalue weighted by Gasteiger charge is 2.60. The molecule has 152 valence electrons. The van der Waals surface area contributed by atoms with Crippen LogP contribution in [0.3, 0.4) is 0 Å². The molecule has 2 aliphatic carbocycles. The maximum atomic E-state index is 13.0. The number of piperidine rings is 1. The monoisotopic (exact) mass is 397 g/mol. The third-order valence-electron chi connectivity index (χ3n) is 6.54. The summed E-state index contributed by atoms with van der Waals surface area (Å²) in [5.41, 5.74) is 0.224. The number of amides is 1. The lowest BCUT2D eigenvalue weighted by atomic mass is 9.88. The van der Waals surface area contributed by atoms with Gasteiger partial charge in [0.1, 0.15) is 5.75 Å². The molecule has 8 heteroatoms. The van der Waals surface area contributed by atoms with Crippen LogP contribution in [0.4, 0.5) is 13.2 Å². The predicted molar refractivity (Wildman–Crippen MR) is 92.5 cm³/mol. The number of alkyl halides is 3. The molecule has 2 saturated carbocycles. The normalized spacial score (nSPS) is 24.7. The Bertz CT molecular complexity index is 778. The van der Waals surface area contributed by atoms with E-state index in [1.54, 1.807) is 12.1 Å². The van der Waals surface area contributed by atoms with Gasteiger partial charge < -0.3 is 14.7 Å². The van der Waals surface area contributed by atoms with Crippen molar-refractivity contribution in [1.29, 1.82) is 0 Å². The molecule has 1 saturated heterocycles. The van der Waals surface area contributed by atoms with Gasteiger partial charge in [-0.3, -0.25) is 9.59 Å². The van der Waals surface area contributed by atoms with Crippen molar-refractivity contribution in [2.75, 3.05) is 13.1 Å². The third kappa shape index (κ3) is 3.69. The molecule has 1 aliphatic heterocycles. The Morgan fingerprint density at radius 1 is 1.11 bits per heavy atom. The summed E-state index contributed by atoms with van der Waals surface area (Å²) in [6.45, 7) is 1.17. The van der Waals surface area contributed by atoms with Crippen molar-refractivity contribution in [3.8, 4) is 5.75 Å². The number of halogens is 3. The molecule has 0 bridgehead atoms. The van der Waals surface area contributed by atoms with Gasteiger partial charge in [-0.2, -0.15) is 0 Å². The Hall–Kier alpha value is -2.25. The van der Waals surface area contributed by atoms with Crippen molar-refractivity contribution in [1.82, 2.24) is 4.90 Å². The van der Waals surface area contributed by atoms with E-state index >= 15 is 0 Å². The minimum atomic E-state index is -4.72. The van der Waals surface area contributed by atoms with E-state index in [2.05, 4.69) is 4.74 Å². The lowest BCUT2D eigenvalue weighted by Crippen LogP contribution is -2.44. The van der Waals surface area contributed by atoms with Gasteiger partial charge in [0.2, 0.25) is 5.91 Å². The number of carboxylic acid groups (broad SMARTS) is 1. The highest BCUT2D eigenvalue weighted by molar-refractivity contribution is 5.86. The molecule has 28 heavy (non-hydrogen) atoms. The number of rotatable bonds is 5. The summed E-state index contributed by atoms with van der Waals surface area (Å²) in [4.78, 5) is 26.0. The Morgan fingerprint density at radius 3 is 2.18 bits per heavy atom. The molecular weight excluding hydrogens is 375 g/mol. The van der Waals surface area contributed by atoms with Gasteiger partial charge >= 0.3 is 12.3 Å². The Labute approximate surface area is 160 Å². The predicted octanol–water partition coefficient (Wildman–Crippen LogP) is 3.62. The van der Waals surface area contributed by atoms with Crippen LogP contribution in [0.25, 0.3) is 0 Å². The van der Waals surface area contributed by atoms with Crippen LogP contribution in [0.15, 0.2) is 24.3 Å². The largest absolute Gasteiger partial charge is 0.573 e. The van der Waals surface area contributed by atoms with Gasteiger partial charge in [-0.1, -0.05) is 12.1 Å². The average Bonchev–Trinajstić information content (AvgIpc) is 3.53. The number of carbonyl (C=O) groups is 2. The fourth-order valence-electron chi connectivity index (χ4n) is 4.56. The Morgan fingerprint density at radius 2 is 1.71 bits per heavy atom. The molecule has 4 rings (SSSR count). The zero-order chi connectivity index (χ0) is 20.2. The molecule has 3 fully saturated rings. The topological polar surface area (TPSA) is 66.8 Å². The molecular formula is C20H22F3NO4. The van der Waals surface area contributed by atoms with E-state index in [4.69, 9.17) is 0 Å². The van der Waals surface area contributed by atoms with E-state index < -0.39 is 17.7 Å². The van der Waals surface area contributed by atoms with Crippen molar-refractivity contribution in [2.45, 2.75) is 44.9 Å². The molecule has 1 N–H and O–H groups in total. The lowest BCUT2D eigenvalue weighted by Gasteiger charge is -2.35. The zero-order valence-corrected chi connectivity index (χ0v) is 15.3. The quantitative estimate of drug-likeness (QED) is 0.824. The smallest absolute Gasteiger partial charge is 0.481 e. The molecule has 1 spiro atoms. The molecule has 1 atom stereocenters. The molecule has 3 aliphatic rings. The van der Waals surface area contributed by atoms with E-state index in [1.807, 2.05) is 4.90 Å². The van der Waals surface area contributed by atoms with Gasteiger partial charge in [-0.05, 0) is 61.6 Å². The summed E-state index contributed by atoms with van der Waals surface area (Å²) in [5, 5.41) is 9.18. The zero-order valence-electron chi connectivity index (χ0n) is 15.3. The fourth-order valence-corrected chi connectivity index (χ4v) is 4.56. The van der Waals surface area contributed by atoms with Crippen LogP contribution in [0.2, 0.25) is 0 Å². The van der Waals surface area contributed by atoms with Gasteiger partial charge in [0, 0.05) is 13.1 Å². The number of ether oxygens (including phenoxy) is 1. The summed E-state index contributed by atoms with van der Waals surface area (Å²) in [6, 6.07) is 5.68. The number of hydrogen-bond acceptors (Lipinski definition) is 3. The molecule has 1 aromatic rings. The van der Waals surface area contributed by atoms with Crippen LogP contribution < -0.4 is 4.74 Å². The minimum Gasteiger partial charge on any atom is -0.481 e. The first-order chi connectivity index (χ1) is 13.1. The number of likely N-dealkylation sites (tertiary alicyclic amines) is 1. The van der Waals surface area contributed by atoms with Gasteiger partial charge in [-0.25, -0.2) is 0 Å². The van der Waals surface area contributed by atoms with Crippen molar-refractivity contribution >= 4 is 11.9 Å². The van der Waals surface area contributed by atoms with Gasteiger partial charge in [0.15, 0.2) is 0 Å². The Balaban J connectivity index is 1.34. The van der Waals surface area contributed by atoms with E-state index in [1.165, 1.54) is 12.1 Å². The van der Waals surface area contributed by atoms with Gasteiger partial charge in [-0.15, -0.1) is 13.2 Å². The van der Waals surface area contributed by atoms with E-state index in [-0.39, 0.29) is 23.0 Å². The van der Waals surface area contributed by atoms with Crippen molar-refractivity contribution in [3.63, 3.8) is 0 Å². The molecule has 0 radical (unpaired) electrons. The maximum absolute atomic E-state index is 13.0. The number of aliphatic carboxylic acids is 1. The first-order valence-electron chi connectivity index (χ1n) is 9.49. The standard InChI is InChI=1S/C20H22F3NO4/c21-20(22,23)28-14-3-1-13(2-4-14)11-19(5-6-19)17(27)24-9-7-18(8-10-24)12-15(18)16(25)26/h1-4,15H,5-12H2,(H,25,26). The summed E-state index contributed by atoms with van der Waals surface area (Å²) >= 11 is 0. The van der Waals surface area contributed by atoms with E-state index in [9.17, 15) is 27.9 Å². The molecule has 1 amide bonds. The Kier molecular flexibility index (Phi) is 4.35. The number of carboxylic acids is 1. The van der Waals surface area contributed by atoms with Gasteiger partial charge in [0.25, 0.3) is 0 Å². The molecule has 0 aromatic heterocycles.